The van der Waals surface area contributed by atoms with Crippen molar-refractivity contribution in [1.82, 2.24) is 5.32 Å². The minimum atomic E-state index is -0.488. The average molecular weight is 231 g/mol. The highest BCUT2D eigenvalue weighted by Crippen LogP contribution is 2.27. The fourth-order valence-corrected chi connectivity index (χ4v) is 1.98. The molecule has 90 valence electrons. The molecule has 0 aliphatic heterocycles. The summed E-state index contributed by atoms with van der Waals surface area (Å²) in [5, 5.41) is 23.8. The molecule has 2 aromatic carbocycles. The Morgan fingerprint density at radius 3 is 2.53 bits per heavy atom. The lowest BCUT2D eigenvalue weighted by Gasteiger charge is -2.10. The molecular formula is C14H17NO2. The number of aliphatic hydroxyl groups excluding tert-OH is 1. The Hall–Kier alpha value is -1.58. The van der Waals surface area contributed by atoms with Crippen LogP contribution in [0, 0.1) is 0 Å². The molecule has 3 nitrogen and oxygen atoms in total. The normalized spacial score (nSPS) is 12.8. The van der Waals surface area contributed by atoms with Crippen LogP contribution in [0.15, 0.2) is 36.4 Å². The van der Waals surface area contributed by atoms with E-state index in [0.717, 1.165) is 17.2 Å². The summed E-state index contributed by atoms with van der Waals surface area (Å²) in [4.78, 5) is 0. The van der Waals surface area contributed by atoms with Crippen molar-refractivity contribution in [3.8, 4) is 5.75 Å². The Labute approximate surface area is 101 Å². The lowest BCUT2D eigenvalue weighted by molar-refractivity contribution is 0.157. The number of hydrogen-bond donors (Lipinski definition) is 3. The monoisotopic (exact) mass is 231 g/mol. The van der Waals surface area contributed by atoms with Gasteiger partial charge in [0.15, 0.2) is 0 Å². The van der Waals surface area contributed by atoms with Gasteiger partial charge in [-0.1, -0.05) is 30.3 Å². The third-order valence-corrected chi connectivity index (χ3v) is 2.83. The van der Waals surface area contributed by atoms with Crippen molar-refractivity contribution in [3.63, 3.8) is 0 Å². The number of aliphatic hydroxyl groups is 1. The second-order valence-corrected chi connectivity index (χ2v) is 4.17. The van der Waals surface area contributed by atoms with Gasteiger partial charge in [-0.25, -0.2) is 0 Å². The molecule has 0 aliphatic rings. The van der Waals surface area contributed by atoms with E-state index in [2.05, 4.69) is 5.32 Å². The number of rotatable bonds is 4. The molecule has 0 heterocycles. The predicted molar refractivity (Wildman–Crippen MR) is 69.0 cm³/mol. The second kappa shape index (κ2) is 5.17. The van der Waals surface area contributed by atoms with Gasteiger partial charge < -0.3 is 10.2 Å². The average Bonchev–Trinajstić information content (AvgIpc) is 2.32. The SMILES string of the molecule is CC(O)NCCc1ccc(O)c2ccccc12. The smallest absolute Gasteiger partial charge is 0.123 e. The zero-order valence-corrected chi connectivity index (χ0v) is 9.85. The van der Waals surface area contributed by atoms with Crippen molar-refractivity contribution >= 4 is 10.8 Å². The van der Waals surface area contributed by atoms with Crippen LogP contribution in [-0.4, -0.2) is 23.0 Å². The van der Waals surface area contributed by atoms with Crippen LogP contribution in [0.3, 0.4) is 0 Å². The van der Waals surface area contributed by atoms with Gasteiger partial charge in [0.1, 0.15) is 12.0 Å². The molecule has 0 bridgehead atoms. The maximum atomic E-state index is 9.75. The fourth-order valence-electron chi connectivity index (χ4n) is 1.98. The molecule has 0 saturated carbocycles. The number of benzene rings is 2. The Bertz CT molecular complexity index is 509. The molecule has 0 saturated heterocycles. The first-order valence-corrected chi connectivity index (χ1v) is 5.79. The van der Waals surface area contributed by atoms with Crippen molar-refractivity contribution in [3.05, 3.63) is 42.0 Å². The maximum Gasteiger partial charge on any atom is 0.123 e. The van der Waals surface area contributed by atoms with Gasteiger partial charge in [-0.3, -0.25) is 5.32 Å². The van der Waals surface area contributed by atoms with Crippen LogP contribution in [0.1, 0.15) is 12.5 Å². The highest BCUT2D eigenvalue weighted by atomic mass is 16.3. The number of phenols is 1. The van der Waals surface area contributed by atoms with Gasteiger partial charge in [-0.15, -0.1) is 0 Å². The molecule has 0 amide bonds. The first-order chi connectivity index (χ1) is 8.18. The van der Waals surface area contributed by atoms with Crippen LogP contribution in [0.5, 0.6) is 5.75 Å². The van der Waals surface area contributed by atoms with Gasteiger partial charge >= 0.3 is 0 Å². The van der Waals surface area contributed by atoms with Gasteiger partial charge in [-0.2, -0.15) is 0 Å². The summed E-state index contributed by atoms with van der Waals surface area (Å²) in [5.41, 5.74) is 1.17. The van der Waals surface area contributed by atoms with Gasteiger partial charge in [0.2, 0.25) is 0 Å². The molecule has 0 radical (unpaired) electrons. The standard InChI is InChI=1S/C14H17NO2/c1-10(16)15-9-8-11-6-7-14(17)13-5-3-2-4-12(11)13/h2-7,10,15-17H,8-9H2,1H3. The molecule has 3 heteroatoms. The van der Waals surface area contributed by atoms with Crippen LogP contribution >= 0.6 is 0 Å². The van der Waals surface area contributed by atoms with Crippen molar-refractivity contribution in [2.45, 2.75) is 19.6 Å². The van der Waals surface area contributed by atoms with E-state index < -0.39 is 6.23 Å². The first kappa shape index (κ1) is 11.9. The van der Waals surface area contributed by atoms with E-state index in [-0.39, 0.29) is 0 Å². The van der Waals surface area contributed by atoms with Crippen LogP contribution in [0.4, 0.5) is 0 Å². The van der Waals surface area contributed by atoms with Gasteiger partial charge in [0, 0.05) is 11.9 Å². The molecule has 0 fully saturated rings. The molecule has 3 N–H and O–H groups in total. The molecule has 1 atom stereocenters. The Kier molecular flexibility index (Phi) is 3.61. The topological polar surface area (TPSA) is 52.5 Å². The van der Waals surface area contributed by atoms with Crippen molar-refractivity contribution in [1.29, 1.82) is 0 Å². The predicted octanol–water partition coefficient (Wildman–Crippen LogP) is 2.02. The zero-order valence-electron chi connectivity index (χ0n) is 9.85. The summed E-state index contributed by atoms with van der Waals surface area (Å²) < 4.78 is 0. The first-order valence-electron chi connectivity index (χ1n) is 5.79. The number of fused-ring (bicyclic) bond motifs is 1. The molecule has 1 unspecified atom stereocenters. The molecule has 0 spiro atoms. The van der Waals surface area contributed by atoms with Crippen molar-refractivity contribution in [2.24, 2.45) is 0 Å². The van der Waals surface area contributed by atoms with E-state index in [4.69, 9.17) is 5.11 Å². The maximum absolute atomic E-state index is 9.75. The lowest BCUT2D eigenvalue weighted by atomic mass is 10.0. The fraction of sp³-hybridized carbons (Fsp3) is 0.286. The zero-order chi connectivity index (χ0) is 12.3. The highest BCUT2D eigenvalue weighted by molar-refractivity contribution is 5.90. The van der Waals surface area contributed by atoms with Gasteiger partial charge in [0.05, 0.1) is 0 Å². The molecule has 2 aromatic rings. The van der Waals surface area contributed by atoms with E-state index in [1.165, 1.54) is 5.56 Å². The van der Waals surface area contributed by atoms with E-state index in [1.807, 2.05) is 30.3 Å². The van der Waals surface area contributed by atoms with Crippen LogP contribution in [0.25, 0.3) is 10.8 Å². The summed E-state index contributed by atoms with van der Waals surface area (Å²) in [7, 11) is 0. The largest absolute Gasteiger partial charge is 0.507 e. The van der Waals surface area contributed by atoms with E-state index in [0.29, 0.717) is 12.3 Å². The number of phenolic OH excluding ortho intramolecular Hbond substituents is 1. The minimum absolute atomic E-state index is 0.313. The third-order valence-electron chi connectivity index (χ3n) is 2.83. The number of aromatic hydroxyl groups is 1. The molecule has 17 heavy (non-hydrogen) atoms. The molecule has 2 rings (SSSR count). The summed E-state index contributed by atoms with van der Waals surface area (Å²) in [6.07, 6.45) is 0.337. The van der Waals surface area contributed by atoms with E-state index in [9.17, 15) is 5.11 Å². The van der Waals surface area contributed by atoms with Crippen molar-refractivity contribution < 1.29 is 10.2 Å². The number of nitrogens with one attached hydrogen (secondary N) is 1. The van der Waals surface area contributed by atoms with Crippen molar-refractivity contribution in [2.75, 3.05) is 6.54 Å². The quantitative estimate of drug-likeness (QED) is 0.706. The Morgan fingerprint density at radius 1 is 1.12 bits per heavy atom. The summed E-state index contributed by atoms with van der Waals surface area (Å²) in [6, 6.07) is 11.5. The second-order valence-electron chi connectivity index (χ2n) is 4.17. The Balaban J connectivity index is 2.26. The summed E-state index contributed by atoms with van der Waals surface area (Å²) >= 11 is 0. The molecule has 0 aliphatic carbocycles. The summed E-state index contributed by atoms with van der Waals surface area (Å²) in [5.74, 6) is 0.313. The van der Waals surface area contributed by atoms with E-state index in [1.54, 1.807) is 13.0 Å². The number of hydrogen-bond acceptors (Lipinski definition) is 3. The van der Waals surface area contributed by atoms with Crippen LogP contribution < -0.4 is 5.32 Å². The van der Waals surface area contributed by atoms with Crippen LogP contribution in [0.2, 0.25) is 0 Å². The summed E-state index contributed by atoms with van der Waals surface area (Å²) in [6.45, 7) is 2.42. The van der Waals surface area contributed by atoms with Gasteiger partial charge in [-0.05, 0) is 30.4 Å². The van der Waals surface area contributed by atoms with Crippen LogP contribution in [-0.2, 0) is 6.42 Å². The van der Waals surface area contributed by atoms with E-state index >= 15 is 0 Å². The lowest BCUT2D eigenvalue weighted by Crippen LogP contribution is -2.27. The molecule has 0 aromatic heterocycles. The Morgan fingerprint density at radius 2 is 1.82 bits per heavy atom. The van der Waals surface area contributed by atoms with Gasteiger partial charge in [0.25, 0.3) is 0 Å². The molecular weight excluding hydrogens is 214 g/mol. The highest BCUT2D eigenvalue weighted by Gasteiger charge is 2.04. The minimum Gasteiger partial charge on any atom is -0.507 e. The third kappa shape index (κ3) is 2.75.